The lowest BCUT2D eigenvalue weighted by Crippen LogP contribution is -2.34. The molecule has 3 aromatic rings. The van der Waals surface area contributed by atoms with Crippen LogP contribution in [0.5, 0.6) is 0 Å². The maximum Gasteiger partial charge on any atom is 0.103 e. The fraction of sp³-hybridized carbons (Fsp3) is 0.273. The molecule has 3 rings (SSSR count). The highest BCUT2D eigenvalue weighted by atomic mass is 35.5. The largest absolute Gasteiger partial charge is 0.379 e. The normalized spacial score (nSPS) is 14.8. The van der Waals surface area contributed by atoms with E-state index >= 15 is 0 Å². The van der Waals surface area contributed by atoms with Crippen LogP contribution in [-0.2, 0) is 18.3 Å². The molecule has 0 saturated heterocycles. The van der Waals surface area contributed by atoms with Crippen LogP contribution in [0.1, 0.15) is 34.9 Å². The minimum atomic E-state index is -0.859. The molecule has 0 fully saturated rings. The number of nitrogens with two attached hydrogens (primary N) is 1. The van der Waals surface area contributed by atoms with Crippen molar-refractivity contribution >= 4 is 22.9 Å². The molecule has 1 aromatic heterocycles. The Morgan fingerprint density at radius 3 is 2.54 bits per heavy atom. The molecule has 3 N–H and O–H groups in total. The fourth-order valence-corrected chi connectivity index (χ4v) is 4.71. The van der Waals surface area contributed by atoms with Gasteiger partial charge in [0.25, 0.3) is 0 Å². The molecule has 2 nitrogen and oxygen atoms in total. The van der Waals surface area contributed by atoms with E-state index in [-0.39, 0.29) is 5.41 Å². The first kappa shape index (κ1) is 19.1. The molecule has 0 aliphatic rings. The summed E-state index contributed by atoms with van der Waals surface area (Å²) in [5.74, 6) is 0. The molecule has 0 saturated carbocycles. The summed E-state index contributed by atoms with van der Waals surface area (Å²) >= 11 is 7.96. The molecular weight excluding hydrogens is 362 g/mol. The topological polar surface area (TPSA) is 46.2 Å². The maximum atomic E-state index is 9.84. The van der Waals surface area contributed by atoms with E-state index in [1.807, 2.05) is 24.3 Å². The summed E-state index contributed by atoms with van der Waals surface area (Å²) in [7, 11) is 0. The smallest absolute Gasteiger partial charge is 0.103 e. The zero-order chi connectivity index (χ0) is 18.6. The summed E-state index contributed by atoms with van der Waals surface area (Å²) in [5.41, 5.74) is 9.20. The van der Waals surface area contributed by atoms with Gasteiger partial charge in [0.1, 0.15) is 6.23 Å². The van der Waals surface area contributed by atoms with E-state index in [9.17, 15) is 5.11 Å². The van der Waals surface area contributed by atoms with Crippen LogP contribution in [0.15, 0.2) is 66.0 Å². The molecule has 2 aromatic carbocycles. The highest BCUT2D eigenvalue weighted by molar-refractivity contribution is 7.10. The monoisotopic (exact) mass is 385 g/mol. The van der Waals surface area contributed by atoms with Crippen LogP contribution < -0.4 is 5.73 Å². The molecule has 1 unspecified atom stereocenters. The molecule has 0 aliphatic heterocycles. The average molecular weight is 386 g/mol. The summed E-state index contributed by atoms with van der Waals surface area (Å²) in [4.78, 5) is 1.29. The molecule has 4 heteroatoms. The van der Waals surface area contributed by atoms with Crippen LogP contribution in [-0.4, -0.2) is 11.3 Å². The van der Waals surface area contributed by atoms with E-state index in [4.69, 9.17) is 17.3 Å². The van der Waals surface area contributed by atoms with Crippen molar-refractivity contribution in [3.63, 3.8) is 0 Å². The number of hydrogen-bond donors (Lipinski definition) is 2. The number of aliphatic hydroxyl groups is 1. The molecule has 1 heterocycles. The number of aliphatic hydroxyl groups excluding tert-OH is 1. The molecule has 0 aliphatic carbocycles. The molecule has 26 heavy (non-hydrogen) atoms. The summed E-state index contributed by atoms with van der Waals surface area (Å²) in [6.07, 6.45) is 1.38. The van der Waals surface area contributed by atoms with Crippen LogP contribution in [0.25, 0.3) is 0 Å². The van der Waals surface area contributed by atoms with Gasteiger partial charge in [-0.25, -0.2) is 0 Å². The lowest BCUT2D eigenvalue weighted by atomic mass is 9.76. The van der Waals surface area contributed by atoms with Gasteiger partial charge in [-0.3, -0.25) is 0 Å². The zero-order valence-electron chi connectivity index (χ0n) is 14.9. The third-order valence-corrected chi connectivity index (χ3v) is 5.93. The zero-order valence-corrected chi connectivity index (χ0v) is 16.4. The van der Waals surface area contributed by atoms with Gasteiger partial charge in [0, 0.05) is 15.3 Å². The SMILES string of the molecule is CC(Cc1cc(Cc2ccccc2)cs1)(C[C@H](N)O)c1cccc(Cl)c1. The first-order chi connectivity index (χ1) is 12.4. The Hall–Kier alpha value is -1.65. The Morgan fingerprint density at radius 1 is 1.08 bits per heavy atom. The van der Waals surface area contributed by atoms with Crippen LogP contribution in [0.3, 0.4) is 0 Å². The van der Waals surface area contributed by atoms with Crippen LogP contribution >= 0.6 is 22.9 Å². The lowest BCUT2D eigenvalue weighted by molar-refractivity contribution is 0.140. The fourth-order valence-electron chi connectivity index (χ4n) is 3.45. The number of rotatable bonds is 7. The number of thiophene rings is 1. The van der Waals surface area contributed by atoms with Crippen molar-refractivity contribution in [2.75, 3.05) is 0 Å². The number of halogens is 1. The first-order valence-electron chi connectivity index (χ1n) is 8.74. The van der Waals surface area contributed by atoms with Gasteiger partial charge in [-0.15, -0.1) is 11.3 Å². The average Bonchev–Trinajstić information content (AvgIpc) is 3.01. The van der Waals surface area contributed by atoms with Crippen LogP contribution in [0, 0.1) is 0 Å². The van der Waals surface area contributed by atoms with E-state index in [1.165, 1.54) is 16.0 Å². The van der Waals surface area contributed by atoms with Gasteiger partial charge in [0.2, 0.25) is 0 Å². The third-order valence-electron chi connectivity index (χ3n) is 4.70. The predicted molar refractivity (Wildman–Crippen MR) is 111 cm³/mol. The second-order valence-electron chi connectivity index (χ2n) is 7.10. The Morgan fingerprint density at radius 2 is 1.85 bits per heavy atom. The standard InChI is InChI=1S/C22H24ClNOS/c1-22(14-21(24)25,18-8-5-9-19(23)12-18)13-20-11-17(15-26-20)10-16-6-3-2-4-7-16/h2-9,11-12,15,21,25H,10,13-14,24H2,1H3/t21-,22?/m1/s1. The highest BCUT2D eigenvalue weighted by Gasteiger charge is 2.30. The van der Waals surface area contributed by atoms with Crippen molar-refractivity contribution < 1.29 is 5.11 Å². The Bertz CT molecular complexity index is 846. The molecule has 0 spiro atoms. The summed E-state index contributed by atoms with van der Waals surface area (Å²) in [6, 6.07) is 20.6. The summed E-state index contributed by atoms with van der Waals surface area (Å²) < 4.78 is 0. The Balaban J connectivity index is 1.81. The Kier molecular flexibility index (Phi) is 6.15. The lowest BCUT2D eigenvalue weighted by Gasteiger charge is -2.31. The highest BCUT2D eigenvalue weighted by Crippen LogP contribution is 2.35. The van der Waals surface area contributed by atoms with Crippen LogP contribution in [0.2, 0.25) is 5.02 Å². The van der Waals surface area contributed by atoms with Gasteiger partial charge in [-0.2, -0.15) is 0 Å². The Labute approximate surface area is 164 Å². The van der Waals surface area contributed by atoms with Gasteiger partial charge < -0.3 is 10.8 Å². The number of benzene rings is 2. The second kappa shape index (κ2) is 8.36. The minimum Gasteiger partial charge on any atom is -0.379 e. The molecule has 136 valence electrons. The number of hydrogen-bond acceptors (Lipinski definition) is 3. The minimum absolute atomic E-state index is 0.270. The summed E-state index contributed by atoms with van der Waals surface area (Å²) in [6.45, 7) is 2.14. The van der Waals surface area contributed by atoms with Crippen molar-refractivity contribution in [2.24, 2.45) is 5.73 Å². The van der Waals surface area contributed by atoms with Crippen molar-refractivity contribution in [3.8, 4) is 0 Å². The quantitative estimate of drug-likeness (QED) is 0.552. The van der Waals surface area contributed by atoms with Gasteiger partial charge in [0.05, 0.1) is 0 Å². The molecule has 0 bridgehead atoms. The first-order valence-corrected chi connectivity index (χ1v) is 10.0. The van der Waals surface area contributed by atoms with Crippen molar-refractivity contribution in [3.05, 3.63) is 92.6 Å². The van der Waals surface area contributed by atoms with Crippen molar-refractivity contribution in [1.82, 2.24) is 0 Å². The molecule has 0 radical (unpaired) electrons. The van der Waals surface area contributed by atoms with Crippen molar-refractivity contribution in [1.29, 1.82) is 0 Å². The van der Waals surface area contributed by atoms with E-state index < -0.39 is 6.23 Å². The van der Waals surface area contributed by atoms with Gasteiger partial charge in [0.15, 0.2) is 0 Å². The van der Waals surface area contributed by atoms with E-state index in [0.29, 0.717) is 11.4 Å². The molecule has 2 atom stereocenters. The van der Waals surface area contributed by atoms with E-state index in [2.05, 4.69) is 48.7 Å². The predicted octanol–water partition coefficient (Wildman–Crippen LogP) is 5.16. The maximum absolute atomic E-state index is 9.84. The van der Waals surface area contributed by atoms with E-state index in [1.54, 1.807) is 11.3 Å². The van der Waals surface area contributed by atoms with Gasteiger partial charge in [-0.05, 0) is 59.5 Å². The van der Waals surface area contributed by atoms with Crippen LogP contribution in [0.4, 0.5) is 0 Å². The van der Waals surface area contributed by atoms with Gasteiger partial charge in [-0.1, -0.05) is 61.0 Å². The second-order valence-corrected chi connectivity index (χ2v) is 8.54. The van der Waals surface area contributed by atoms with E-state index in [0.717, 1.165) is 18.4 Å². The van der Waals surface area contributed by atoms with Gasteiger partial charge >= 0.3 is 0 Å². The third kappa shape index (κ3) is 4.95. The molecule has 0 amide bonds. The summed E-state index contributed by atoms with van der Waals surface area (Å²) in [5, 5.41) is 12.8. The van der Waals surface area contributed by atoms with Crippen molar-refractivity contribution in [2.45, 2.75) is 37.8 Å². The molecular formula is C22H24ClNOS.